The van der Waals surface area contributed by atoms with Gasteiger partial charge in [-0.05, 0) is 38.6 Å². The molecule has 1 unspecified atom stereocenters. The molecule has 5 heteroatoms. The maximum Gasteiger partial charge on any atom is 0.181 e. The van der Waals surface area contributed by atoms with Gasteiger partial charge in [-0.1, -0.05) is 11.6 Å². The fraction of sp³-hybridized carbons (Fsp3) is 0.421. The third-order valence-electron chi connectivity index (χ3n) is 5.03. The molecule has 1 aliphatic heterocycles. The van der Waals surface area contributed by atoms with Gasteiger partial charge in [0.15, 0.2) is 12.2 Å². The summed E-state index contributed by atoms with van der Waals surface area (Å²) in [4.78, 5) is 6.30. The number of aliphatic hydroxyl groups is 1. The normalized spacial score (nSPS) is 17.8. The van der Waals surface area contributed by atoms with Crippen molar-refractivity contribution >= 4 is 10.9 Å². The number of nitrogens with zero attached hydrogens (tertiary/aromatic N) is 3. The summed E-state index contributed by atoms with van der Waals surface area (Å²) < 4.78 is 7.62. The van der Waals surface area contributed by atoms with Crippen molar-refractivity contribution in [1.29, 1.82) is 0 Å². The van der Waals surface area contributed by atoms with E-state index in [1.54, 1.807) is 13.1 Å². The molecular formula is C19H23N3O2. The molecule has 0 saturated heterocycles. The molecule has 0 spiro atoms. The van der Waals surface area contributed by atoms with Crippen LogP contribution in [0.3, 0.4) is 0 Å². The third kappa shape index (κ3) is 2.44. The van der Waals surface area contributed by atoms with E-state index < -0.39 is 5.60 Å². The zero-order valence-electron chi connectivity index (χ0n) is 14.4. The Balaban J connectivity index is 1.86. The van der Waals surface area contributed by atoms with E-state index in [9.17, 15) is 5.11 Å². The predicted octanol–water partition coefficient (Wildman–Crippen LogP) is 2.83. The van der Waals surface area contributed by atoms with Crippen LogP contribution in [0.2, 0.25) is 0 Å². The number of oxazole rings is 1. The number of rotatable bonds is 3. The van der Waals surface area contributed by atoms with E-state index in [-0.39, 0.29) is 0 Å². The molecule has 0 radical (unpaired) electrons. The third-order valence-corrected chi connectivity index (χ3v) is 5.03. The van der Waals surface area contributed by atoms with Gasteiger partial charge in [-0.25, -0.2) is 4.98 Å². The molecule has 1 aliphatic rings. The lowest BCUT2D eigenvalue weighted by molar-refractivity contribution is 0.0168. The first-order chi connectivity index (χ1) is 11.5. The fourth-order valence-electron chi connectivity index (χ4n) is 3.75. The lowest BCUT2D eigenvalue weighted by Crippen LogP contribution is -2.31. The number of aryl methyl sites for hydroxylation is 1. The molecule has 0 saturated carbocycles. The van der Waals surface area contributed by atoms with Crippen molar-refractivity contribution in [1.82, 2.24) is 14.5 Å². The van der Waals surface area contributed by atoms with Crippen molar-refractivity contribution < 1.29 is 9.52 Å². The topological polar surface area (TPSA) is 54.4 Å². The minimum Gasteiger partial charge on any atom is -0.445 e. The number of hydrogen-bond acceptors (Lipinski definition) is 4. The van der Waals surface area contributed by atoms with Crippen molar-refractivity contribution in [3.63, 3.8) is 0 Å². The molecule has 0 fully saturated rings. The van der Waals surface area contributed by atoms with E-state index >= 15 is 0 Å². The van der Waals surface area contributed by atoms with Crippen LogP contribution in [-0.4, -0.2) is 33.1 Å². The van der Waals surface area contributed by atoms with Crippen LogP contribution in [0.25, 0.3) is 10.9 Å². The van der Waals surface area contributed by atoms with E-state index in [1.807, 2.05) is 0 Å². The molecule has 126 valence electrons. The SMILES string of the molecule is Cc1ccc2c(c1)c1c(n2CC(C)(O)c2cnco2)CCN(C)C1. The molecule has 1 aromatic carbocycles. The molecule has 1 N–H and O–H groups in total. The fourth-order valence-corrected chi connectivity index (χ4v) is 3.75. The number of aromatic nitrogens is 2. The number of likely N-dealkylation sites (N-methyl/N-ethyl adjacent to an activating group) is 1. The van der Waals surface area contributed by atoms with Gasteiger partial charge in [0.05, 0.1) is 12.7 Å². The first kappa shape index (κ1) is 15.4. The van der Waals surface area contributed by atoms with Gasteiger partial charge in [0.1, 0.15) is 5.60 Å². The van der Waals surface area contributed by atoms with Gasteiger partial charge in [-0.2, -0.15) is 0 Å². The largest absolute Gasteiger partial charge is 0.445 e. The summed E-state index contributed by atoms with van der Waals surface area (Å²) in [5, 5.41) is 12.2. The summed E-state index contributed by atoms with van der Waals surface area (Å²) in [5.74, 6) is 0.498. The predicted molar refractivity (Wildman–Crippen MR) is 92.8 cm³/mol. The molecule has 3 heterocycles. The standard InChI is InChI=1S/C19H23N3O2/c1-13-4-5-16-14(8-13)15-10-21(3)7-6-17(15)22(16)11-19(2,23)18-9-20-12-24-18/h4-5,8-9,12,23H,6-7,10-11H2,1-3H3. The van der Waals surface area contributed by atoms with Gasteiger partial charge in [0.2, 0.25) is 0 Å². The average molecular weight is 325 g/mol. The van der Waals surface area contributed by atoms with Crippen LogP contribution >= 0.6 is 0 Å². The van der Waals surface area contributed by atoms with Crippen LogP contribution in [0.5, 0.6) is 0 Å². The van der Waals surface area contributed by atoms with E-state index in [0.717, 1.165) is 19.5 Å². The lowest BCUT2D eigenvalue weighted by atomic mass is 10.0. The Bertz CT molecular complexity index is 878. The van der Waals surface area contributed by atoms with E-state index in [1.165, 1.54) is 34.1 Å². The van der Waals surface area contributed by atoms with Gasteiger partial charge < -0.3 is 19.0 Å². The number of fused-ring (bicyclic) bond motifs is 3. The lowest BCUT2D eigenvalue weighted by Gasteiger charge is -2.27. The van der Waals surface area contributed by atoms with Crippen molar-refractivity contribution in [3.8, 4) is 0 Å². The highest BCUT2D eigenvalue weighted by molar-refractivity contribution is 5.86. The van der Waals surface area contributed by atoms with Crippen LogP contribution in [0, 0.1) is 6.92 Å². The molecule has 3 aromatic rings. The summed E-state index contributed by atoms with van der Waals surface area (Å²) in [5.41, 5.74) is 4.06. The number of benzene rings is 1. The average Bonchev–Trinajstić information content (AvgIpc) is 3.16. The molecule has 24 heavy (non-hydrogen) atoms. The molecule has 0 aliphatic carbocycles. The van der Waals surface area contributed by atoms with Gasteiger partial charge >= 0.3 is 0 Å². The highest BCUT2D eigenvalue weighted by Crippen LogP contribution is 2.34. The van der Waals surface area contributed by atoms with Crippen molar-refractivity contribution in [2.24, 2.45) is 0 Å². The second-order valence-electron chi connectivity index (χ2n) is 7.16. The zero-order valence-corrected chi connectivity index (χ0v) is 14.4. The highest BCUT2D eigenvalue weighted by Gasteiger charge is 2.31. The van der Waals surface area contributed by atoms with Crippen molar-refractivity contribution in [2.75, 3.05) is 13.6 Å². The summed E-state index contributed by atoms with van der Waals surface area (Å²) in [6.45, 7) is 6.36. The van der Waals surface area contributed by atoms with E-state index in [4.69, 9.17) is 4.42 Å². The minimum atomic E-state index is -1.09. The van der Waals surface area contributed by atoms with Gasteiger partial charge in [-0.3, -0.25) is 0 Å². The van der Waals surface area contributed by atoms with Gasteiger partial charge in [0, 0.05) is 36.1 Å². The highest BCUT2D eigenvalue weighted by atomic mass is 16.4. The first-order valence-corrected chi connectivity index (χ1v) is 8.36. The Morgan fingerprint density at radius 2 is 2.21 bits per heavy atom. The second-order valence-corrected chi connectivity index (χ2v) is 7.16. The van der Waals surface area contributed by atoms with Crippen molar-refractivity contribution in [2.45, 2.75) is 39.0 Å². The molecule has 5 nitrogen and oxygen atoms in total. The van der Waals surface area contributed by atoms with Gasteiger partial charge in [-0.15, -0.1) is 0 Å². The Hall–Kier alpha value is -2.11. The maximum atomic E-state index is 10.9. The zero-order chi connectivity index (χ0) is 16.9. The summed E-state index contributed by atoms with van der Waals surface area (Å²) in [7, 11) is 2.16. The van der Waals surface area contributed by atoms with Crippen LogP contribution in [0.4, 0.5) is 0 Å². The Morgan fingerprint density at radius 3 is 2.96 bits per heavy atom. The molecule has 0 bridgehead atoms. The monoisotopic (exact) mass is 325 g/mol. The molecule has 0 amide bonds. The summed E-state index contributed by atoms with van der Waals surface area (Å²) in [6.07, 6.45) is 3.95. The smallest absolute Gasteiger partial charge is 0.181 e. The van der Waals surface area contributed by atoms with Crippen LogP contribution in [0.1, 0.15) is 29.5 Å². The molecule has 4 rings (SSSR count). The van der Waals surface area contributed by atoms with Crippen molar-refractivity contribution in [3.05, 3.63) is 53.4 Å². The first-order valence-electron chi connectivity index (χ1n) is 8.36. The molecule has 2 aromatic heterocycles. The van der Waals surface area contributed by atoms with E-state index in [0.29, 0.717) is 12.3 Å². The molecule has 1 atom stereocenters. The van der Waals surface area contributed by atoms with Gasteiger partial charge in [0.25, 0.3) is 0 Å². The second kappa shape index (κ2) is 5.46. The molecular weight excluding hydrogens is 302 g/mol. The van der Waals surface area contributed by atoms with Crippen LogP contribution < -0.4 is 0 Å². The Kier molecular flexibility index (Phi) is 3.51. The van der Waals surface area contributed by atoms with Crippen LogP contribution in [0.15, 0.2) is 35.2 Å². The maximum absolute atomic E-state index is 10.9. The summed E-state index contributed by atoms with van der Waals surface area (Å²) in [6, 6.07) is 6.56. The summed E-state index contributed by atoms with van der Waals surface area (Å²) >= 11 is 0. The quantitative estimate of drug-likeness (QED) is 0.804. The van der Waals surface area contributed by atoms with Crippen LogP contribution in [-0.2, 0) is 25.1 Å². The minimum absolute atomic E-state index is 0.459. The Morgan fingerprint density at radius 1 is 1.38 bits per heavy atom. The number of hydrogen-bond donors (Lipinski definition) is 1. The Labute approximate surface area is 141 Å². The van der Waals surface area contributed by atoms with E-state index in [2.05, 4.69) is 46.6 Å².